The van der Waals surface area contributed by atoms with Crippen LogP contribution in [0.5, 0.6) is 0 Å². The monoisotopic (exact) mass is 463 g/mol. The molecule has 1 aliphatic carbocycles. The Hall–Kier alpha value is -2.10. The van der Waals surface area contributed by atoms with Crippen LogP contribution in [0.1, 0.15) is 33.1 Å². The van der Waals surface area contributed by atoms with Crippen LogP contribution in [0, 0.1) is 5.41 Å². The molecule has 0 bridgehead atoms. The average Bonchev–Trinajstić information content (AvgIpc) is 3.28. The van der Waals surface area contributed by atoms with E-state index in [1.807, 2.05) is 24.3 Å². The van der Waals surface area contributed by atoms with Crippen LogP contribution in [0.25, 0.3) is 0 Å². The van der Waals surface area contributed by atoms with E-state index in [2.05, 4.69) is 18.7 Å². The zero-order valence-corrected chi connectivity index (χ0v) is 19.9. The minimum absolute atomic E-state index is 0.0630. The first-order chi connectivity index (χ1) is 14.4. The molecule has 0 amide bonds. The fourth-order valence-corrected chi connectivity index (χ4v) is 6.84. The van der Waals surface area contributed by atoms with Crippen molar-refractivity contribution >= 4 is 31.4 Å². The molecule has 9 heteroatoms. The van der Waals surface area contributed by atoms with Gasteiger partial charge in [-0.3, -0.25) is 0 Å². The van der Waals surface area contributed by atoms with Crippen molar-refractivity contribution in [1.29, 1.82) is 0 Å². The molecule has 2 aromatic rings. The number of sulfonamides is 2. The summed E-state index contributed by atoms with van der Waals surface area (Å²) >= 11 is 0. The van der Waals surface area contributed by atoms with Gasteiger partial charge in [0, 0.05) is 20.1 Å². The predicted octanol–water partition coefficient (Wildman–Crippen LogP) is 3.49. The van der Waals surface area contributed by atoms with E-state index in [1.165, 1.54) is 42.7 Å². The Morgan fingerprint density at radius 1 is 0.903 bits per heavy atom. The van der Waals surface area contributed by atoms with Crippen LogP contribution in [-0.2, 0) is 20.0 Å². The summed E-state index contributed by atoms with van der Waals surface area (Å²) < 4.78 is 54.2. The van der Waals surface area contributed by atoms with Crippen LogP contribution in [0.4, 0.5) is 11.4 Å². The van der Waals surface area contributed by atoms with Gasteiger partial charge < -0.3 is 4.90 Å². The van der Waals surface area contributed by atoms with Gasteiger partial charge in [0.1, 0.15) is 6.67 Å². The smallest absolute Gasteiger partial charge is 0.265 e. The Bertz CT molecular complexity index is 1190. The summed E-state index contributed by atoms with van der Waals surface area (Å²) in [5, 5.41) is 0. The molecule has 1 unspecified atom stereocenters. The van der Waals surface area contributed by atoms with Crippen LogP contribution in [0.3, 0.4) is 0 Å². The van der Waals surface area contributed by atoms with E-state index in [-0.39, 0.29) is 21.9 Å². The van der Waals surface area contributed by atoms with E-state index in [0.29, 0.717) is 11.7 Å². The molecule has 168 valence electrons. The Kier molecular flexibility index (Phi) is 5.34. The molecule has 7 nitrogen and oxygen atoms in total. The Labute approximate surface area is 185 Å². The summed E-state index contributed by atoms with van der Waals surface area (Å²) in [5.41, 5.74) is 1.84. The highest BCUT2D eigenvalue weighted by Gasteiger charge is 2.41. The zero-order chi connectivity index (χ0) is 22.6. The lowest BCUT2D eigenvalue weighted by Crippen LogP contribution is -2.40. The number of benzene rings is 2. The van der Waals surface area contributed by atoms with Crippen molar-refractivity contribution in [2.45, 2.75) is 48.9 Å². The number of hydrogen-bond acceptors (Lipinski definition) is 5. The second-order valence-electron chi connectivity index (χ2n) is 9.27. The fourth-order valence-electron chi connectivity index (χ4n) is 4.51. The predicted molar refractivity (Wildman–Crippen MR) is 122 cm³/mol. The number of hydrogen-bond donors (Lipinski definition) is 0. The SMILES string of the molecule is CN(C)S(=O)(=O)c1ccc(S(=O)(=O)N2CN(C3CCC(C)(C)C3)c3ccccc32)cc1. The van der Waals surface area contributed by atoms with E-state index in [9.17, 15) is 16.8 Å². The second-order valence-corrected chi connectivity index (χ2v) is 13.3. The summed E-state index contributed by atoms with van der Waals surface area (Å²) in [6.45, 7) is 4.78. The molecular formula is C22H29N3O4S2. The van der Waals surface area contributed by atoms with Gasteiger partial charge in [-0.2, -0.15) is 0 Å². The van der Waals surface area contributed by atoms with Gasteiger partial charge in [-0.25, -0.2) is 25.4 Å². The molecule has 31 heavy (non-hydrogen) atoms. The van der Waals surface area contributed by atoms with Crippen molar-refractivity contribution in [3.8, 4) is 0 Å². The molecule has 0 aromatic heterocycles. The largest absolute Gasteiger partial charge is 0.348 e. The van der Waals surface area contributed by atoms with Crippen LogP contribution < -0.4 is 9.21 Å². The highest BCUT2D eigenvalue weighted by molar-refractivity contribution is 7.93. The third-order valence-corrected chi connectivity index (χ3v) is 9.90. The molecule has 1 atom stereocenters. The van der Waals surface area contributed by atoms with E-state index < -0.39 is 20.0 Å². The molecule has 0 N–H and O–H groups in total. The first kappa shape index (κ1) is 22.1. The minimum atomic E-state index is -3.84. The van der Waals surface area contributed by atoms with Crippen molar-refractivity contribution in [2.75, 3.05) is 30.0 Å². The van der Waals surface area contributed by atoms with E-state index in [1.54, 1.807) is 0 Å². The zero-order valence-electron chi connectivity index (χ0n) is 18.3. The van der Waals surface area contributed by atoms with Gasteiger partial charge in [0.15, 0.2) is 0 Å². The first-order valence-corrected chi connectivity index (χ1v) is 13.2. The quantitative estimate of drug-likeness (QED) is 0.678. The van der Waals surface area contributed by atoms with E-state index in [0.717, 1.165) is 29.3 Å². The number of rotatable bonds is 5. The van der Waals surface area contributed by atoms with Crippen LogP contribution in [-0.4, -0.2) is 47.9 Å². The molecule has 0 spiro atoms. The fraction of sp³-hybridized carbons (Fsp3) is 0.455. The maximum absolute atomic E-state index is 13.5. The minimum Gasteiger partial charge on any atom is -0.348 e. The molecule has 4 rings (SSSR count). The summed E-state index contributed by atoms with van der Waals surface area (Å²) in [6.07, 6.45) is 3.17. The van der Waals surface area contributed by atoms with Gasteiger partial charge in [0.25, 0.3) is 10.0 Å². The van der Waals surface area contributed by atoms with Crippen LogP contribution in [0.2, 0.25) is 0 Å². The second kappa shape index (κ2) is 7.50. The molecule has 1 saturated carbocycles. The topological polar surface area (TPSA) is 78.0 Å². The van der Waals surface area contributed by atoms with Crippen molar-refractivity contribution in [3.05, 3.63) is 48.5 Å². The number of para-hydroxylation sites is 2. The third-order valence-electron chi connectivity index (χ3n) is 6.31. The van der Waals surface area contributed by atoms with Crippen LogP contribution in [0.15, 0.2) is 58.3 Å². The number of nitrogens with zero attached hydrogens (tertiary/aromatic N) is 3. The van der Waals surface area contributed by atoms with Crippen molar-refractivity contribution < 1.29 is 16.8 Å². The molecule has 1 fully saturated rings. The molecular weight excluding hydrogens is 434 g/mol. The highest BCUT2D eigenvalue weighted by Crippen LogP contribution is 2.46. The van der Waals surface area contributed by atoms with Crippen molar-refractivity contribution in [1.82, 2.24) is 4.31 Å². The summed E-state index contributed by atoms with van der Waals surface area (Å²) in [6, 6.07) is 13.3. The Morgan fingerprint density at radius 3 is 2.03 bits per heavy atom. The van der Waals surface area contributed by atoms with Crippen molar-refractivity contribution in [3.63, 3.8) is 0 Å². The van der Waals surface area contributed by atoms with Gasteiger partial charge >= 0.3 is 0 Å². The molecule has 2 aromatic carbocycles. The maximum atomic E-state index is 13.5. The Balaban J connectivity index is 1.67. The van der Waals surface area contributed by atoms with Gasteiger partial charge in [0.05, 0.1) is 21.2 Å². The highest BCUT2D eigenvalue weighted by atomic mass is 32.2. The molecule has 2 aliphatic rings. The Morgan fingerprint density at radius 2 is 1.48 bits per heavy atom. The van der Waals surface area contributed by atoms with Gasteiger partial charge in [-0.1, -0.05) is 26.0 Å². The normalized spacial score (nSPS) is 21.0. The number of anilines is 2. The summed E-state index contributed by atoms with van der Waals surface area (Å²) in [7, 11) is -4.57. The lowest BCUT2D eigenvalue weighted by atomic mass is 9.91. The van der Waals surface area contributed by atoms with Crippen LogP contribution >= 0.6 is 0 Å². The lowest BCUT2D eigenvalue weighted by molar-refractivity contribution is 0.373. The average molecular weight is 464 g/mol. The lowest BCUT2D eigenvalue weighted by Gasteiger charge is -2.28. The first-order valence-electron chi connectivity index (χ1n) is 10.3. The molecule has 0 radical (unpaired) electrons. The van der Waals surface area contributed by atoms with Gasteiger partial charge in [0.2, 0.25) is 10.0 Å². The molecule has 1 aliphatic heterocycles. The van der Waals surface area contributed by atoms with Gasteiger partial charge in [-0.05, 0) is 61.1 Å². The number of fused-ring (bicyclic) bond motifs is 1. The van der Waals surface area contributed by atoms with Crippen molar-refractivity contribution in [2.24, 2.45) is 5.41 Å². The third kappa shape index (κ3) is 3.83. The van der Waals surface area contributed by atoms with Gasteiger partial charge in [-0.15, -0.1) is 0 Å². The van der Waals surface area contributed by atoms with E-state index >= 15 is 0 Å². The molecule has 0 saturated heterocycles. The van der Waals surface area contributed by atoms with E-state index in [4.69, 9.17) is 0 Å². The standard InChI is InChI=1S/C22H29N3O4S2/c1-22(2)14-13-17(15-22)24-16-25(21-8-6-5-7-20(21)24)31(28,29)19-11-9-18(10-12-19)30(26,27)23(3)4/h5-12,17H,13-16H2,1-4H3. The maximum Gasteiger partial charge on any atom is 0.265 e. The summed E-state index contributed by atoms with van der Waals surface area (Å²) in [5.74, 6) is 0. The summed E-state index contributed by atoms with van der Waals surface area (Å²) in [4.78, 5) is 2.34. The molecule has 1 heterocycles.